The van der Waals surface area contributed by atoms with Crippen LogP contribution in [0.2, 0.25) is 0 Å². The fourth-order valence-corrected chi connectivity index (χ4v) is 5.57. The molecule has 2 heterocycles. The highest BCUT2D eigenvalue weighted by atomic mass is 19.3. The molecule has 0 radical (unpaired) electrons. The molecule has 0 aliphatic carbocycles. The summed E-state index contributed by atoms with van der Waals surface area (Å²) in [5, 5.41) is 0.853. The number of unbranched alkanes of at least 4 members (excludes halogenated alkanes) is 1. The third-order valence-corrected chi connectivity index (χ3v) is 7.72. The number of ether oxygens (including phenoxy) is 4. The minimum atomic E-state index is -2.46. The fraction of sp³-hybridized carbons (Fsp3) is 0.484. The van der Waals surface area contributed by atoms with Gasteiger partial charge in [-0.25, -0.2) is 18.4 Å². The lowest BCUT2D eigenvalue weighted by Crippen LogP contribution is -2.49. The molecule has 228 valence electrons. The third-order valence-electron chi connectivity index (χ3n) is 7.72. The van der Waals surface area contributed by atoms with Crippen LogP contribution in [0.1, 0.15) is 52.9 Å². The Kier molecular flexibility index (Phi) is 10.4. The van der Waals surface area contributed by atoms with E-state index in [4.69, 9.17) is 18.9 Å². The number of nitrogens with zero attached hydrogens (tertiary/aromatic N) is 3. The van der Waals surface area contributed by atoms with E-state index in [1.54, 1.807) is 30.3 Å². The molecule has 4 rings (SSSR count). The van der Waals surface area contributed by atoms with Gasteiger partial charge >= 0.3 is 12.1 Å². The van der Waals surface area contributed by atoms with Crippen LogP contribution in [0.5, 0.6) is 11.5 Å². The quantitative estimate of drug-likeness (QED) is 0.210. The summed E-state index contributed by atoms with van der Waals surface area (Å²) in [5.74, 6) is 0.492. The number of rotatable bonds is 11. The summed E-state index contributed by atoms with van der Waals surface area (Å²) in [7, 11) is 4.38. The van der Waals surface area contributed by atoms with Crippen LogP contribution in [-0.2, 0) is 16.0 Å². The second-order valence-electron chi connectivity index (χ2n) is 10.4. The van der Waals surface area contributed by atoms with Crippen LogP contribution in [0.15, 0.2) is 36.5 Å². The molecule has 1 saturated heterocycles. The topological polar surface area (TPSA) is 82.5 Å². The molecule has 1 aliphatic rings. The first-order valence-electron chi connectivity index (χ1n) is 14.1. The normalized spacial score (nSPS) is 16.1. The molecule has 0 N–H and O–H groups in total. The van der Waals surface area contributed by atoms with Gasteiger partial charge in [-0.1, -0.05) is 19.4 Å². The molecule has 0 saturated carbocycles. The van der Waals surface area contributed by atoms with Gasteiger partial charge < -0.3 is 18.9 Å². The van der Waals surface area contributed by atoms with Crippen molar-refractivity contribution in [1.82, 2.24) is 14.4 Å². The number of methoxy groups -OCH3 is 3. The van der Waals surface area contributed by atoms with Crippen molar-refractivity contribution in [3.05, 3.63) is 58.8 Å². The highest BCUT2D eigenvalue weighted by molar-refractivity contribution is 5.95. The predicted octanol–water partition coefficient (Wildman–Crippen LogP) is 5.66. The number of carbonyl (C=O) groups is 2. The second-order valence-corrected chi connectivity index (χ2v) is 10.4. The van der Waals surface area contributed by atoms with E-state index < -0.39 is 18.5 Å². The van der Waals surface area contributed by atoms with Gasteiger partial charge in [0.2, 0.25) is 0 Å². The number of halogens is 2. The Morgan fingerprint density at radius 1 is 1.05 bits per heavy atom. The van der Waals surface area contributed by atoms with Gasteiger partial charge in [-0.15, -0.1) is 0 Å². The number of carbonyl (C=O) groups excluding carboxylic acids is 2. The number of aromatic nitrogens is 1. The summed E-state index contributed by atoms with van der Waals surface area (Å²) >= 11 is 0. The zero-order valence-corrected chi connectivity index (χ0v) is 24.8. The average Bonchev–Trinajstić information content (AvgIpc) is 3.44. The lowest BCUT2D eigenvalue weighted by atomic mass is 9.97. The van der Waals surface area contributed by atoms with Crippen LogP contribution < -0.4 is 9.47 Å². The first-order chi connectivity index (χ1) is 20.2. The third kappa shape index (κ3) is 6.68. The molecule has 0 amide bonds. The van der Waals surface area contributed by atoms with Crippen LogP contribution in [-0.4, -0.2) is 87.0 Å². The highest BCUT2D eigenvalue weighted by Crippen LogP contribution is 2.37. The first-order valence-corrected chi connectivity index (χ1v) is 14.1. The molecule has 0 bridgehead atoms. The monoisotopic (exact) mass is 587 g/mol. The molecule has 2 aromatic carbocycles. The van der Waals surface area contributed by atoms with Gasteiger partial charge in [0.1, 0.15) is 17.1 Å². The predicted molar refractivity (Wildman–Crippen MR) is 155 cm³/mol. The van der Waals surface area contributed by atoms with Gasteiger partial charge in [-0.2, -0.15) is 0 Å². The van der Waals surface area contributed by atoms with E-state index in [-0.39, 0.29) is 18.2 Å². The van der Waals surface area contributed by atoms with E-state index in [1.807, 2.05) is 32.0 Å². The number of hydrogen-bond donors (Lipinski definition) is 0. The number of aryl methyl sites for hydroxylation is 1. The fourth-order valence-electron chi connectivity index (χ4n) is 5.57. The summed E-state index contributed by atoms with van der Waals surface area (Å²) in [4.78, 5) is 29.1. The number of benzene rings is 2. The number of alkyl halides is 2. The Balaban J connectivity index is 1.74. The summed E-state index contributed by atoms with van der Waals surface area (Å²) in [6.07, 6.45) is 0.524. The largest absolute Gasteiger partial charge is 0.496 e. The van der Waals surface area contributed by atoms with Crippen molar-refractivity contribution in [2.45, 2.75) is 45.7 Å². The zero-order chi connectivity index (χ0) is 30.4. The Morgan fingerprint density at radius 3 is 2.48 bits per heavy atom. The second kappa shape index (κ2) is 14.0. The van der Waals surface area contributed by atoms with E-state index in [1.165, 1.54) is 18.8 Å². The maximum atomic E-state index is 13.4. The number of fused-ring (bicyclic) bond motifs is 1. The number of piperazine rings is 1. The Bertz CT molecular complexity index is 1410. The van der Waals surface area contributed by atoms with Gasteiger partial charge in [0.05, 0.1) is 40.0 Å². The molecule has 0 spiro atoms. The molecule has 3 aromatic rings. The van der Waals surface area contributed by atoms with Gasteiger partial charge in [-0.3, -0.25) is 14.4 Å². The summed E-state index contributed by atoms with van der Waals surface area (Å²) < 4.78 is 49.9. The molecular formula is C31H39F2N3O6. The maximum absolute atomic E-state index is 13.4. The van der Waals surface area contributed by atoms with Crippen LogP contribution in [0.25, 0.3) is 10.9 Å². The minimum Gasteiger partial charge on any atom is -0.496 e. The van der Waals surface area contributed by atoms with E-state index in [2.05, 4.69) is 4.90 Å². The first kappa shape index (κ1) is 31.2. The Hall–Kier alpha value is -3.70. The summed E-state index contributed by atoms with van der Waals surface area (Å²) in [5.41, 5.74) is 3.58. The molecular weight excluding hydrogens is 548 g/mol. The standard InChI is InChI=1S/C31H39F2N3O6/c1-6-7-14-42-31(38)36-11-10-22-24(26(39-3)15-20(2)29(22)36)17-35-13-12-34(19-28(32)33)18-25(35)21-8-9-23(30(37)41-5)27(16-21)40-4/h8-11,15-16,25,28H,6-7,12-14,17-19H2,1-5H3/t25-/m1/s1. The van der Waals surface area contributed by atoms with Crippen LogP contribution in [0, 0.1) is 6.92 Å². The van der Waals surface area contributed by atoms with E-state index in [9.17, 15) is 18.4 Å². The maximum Gasteiger partial charge on any atom is 0.418 e. The number of esters is 1. The van der Waals surface area contributed by atoms with Crippen LogP contribution in [0.3, 0.4) is 0 Å². The molecule has 1 atom stereocenters. The smallest absolute Gasteiger partial charge is 0.418 e. The van der Waals surface area contributed by atoms with Gasteiger partial charge in [0.25, 0.3) is 6.43 Å². The van der Waals surface area contributed by atoms with Crippen molar-refractivity contribution in [3.63, 3.8) is 0 Å². The minimum absolute atomic E-state index is 0.282. The molecule has 11 heteroatoms. The molecule has 42 heavy (non-hydrogen) atoms. The molecule has 1 aliphatic heterocycles. The van der Waals surface area contributed by atoms with Crippen molar-refractivity contribution >= 4 is 23.0 Å². The average molecular weight is 588 g/mol. The van der Waals surface area contributed by atoms with Crippen LogP contribution >= 0.6 is 0 Å². The highest BCUT2D eigenvalue weighted by Gasteiger charge is 2.32. The lowest BCUT2D eigenvalue weighted by Gasteiger charge is -2.42. The van der Waals surface area contributed by atoms with E-state index in [0.29, 0.717) is 44.3 Å². The van der Waals surface area contributed by atoms with E-state index in [0.717, 1.165) is 40.4 Å². The molecule has 9 nitrogen and oxygen atoms in total. The van der Waals surface area contributed by atoms with E-state index >= 15 is 0 Å². The van der Waals surface area contributed by atoms with Crippen molar-refractivity contribution in [2.75, 3.05) is 54.1 Å². The summed E-state index contributed by atoms with van der Waals surface area (Å²) in [6.45, 7) is 5.73. The Labute approximate surface area is 244 Å². The molecule has 1 fully saturated rings. The van der Waals surface area contributed by atoms with Crippen molar-refractivity contribution < 1.29 is 37.3 Å². The van der Waals surface area contributed by atoms with Crippen molar-refractivity contribution in [1.29, 1.82) is 0 Å². The van der Waals surface area contributed by atoms with Gasteiger partial charge in [0.15, 0.2) is 0 Å². The lowest BCUT2D eigenvalue weighted by molar-refractivity contribution is 0.0245. The molecule has 1 aromatic heterocycles. The number of hydrogen-bond acceptors (Lipinski definition) is 8. The SMILES string of the molecule is CCCCOC(=O)n1ccc2c(CN3CCN(CC(F)F)C[C@@H]3c3ccc(C(=O)OC)c(OC)c3)c(OC)cc(C)c21. The van der Waals surface area contributed by atoms with Crippen LogP contribution in [0.4, 0.5) is 13.6 Å². The van der Waals surface area contributed by atoms with Crippen molar-refractivity contribution in [2.24, 2.45) is 0 Å². The van der Waals surface area contributed by atoms with Crippen molar-refractivity contribution in [3.8, 4) is 11.5 Å². The molecule has 0 unspecified atom stereocenters. The zero-order valence-electron chi connectivity index (χ0n) is 24.8. The van der Waals surface area contributed by atoms with Gasteiger partial charge in [-0.05, 0) is 48.7 Å². The summed E-state index contributed by atoms with van der Waals surface area (Å²) in [6, 6.07) is 8.71. The Morgan fingerprint density at radius 2 is 1.81 bits per heavy atom. The van der Waals surface area contributed by atoms with Gasteiger partial charge in [0, 0.05) is 49.4 Å².